The van der Waals surface area contributed by atoms with Crippen LogP contribution in [0.5, 0.6) is 5.75 Å². The zero-order chi connectivity index (χ0) is 25.7. The molecule has 1 aromatic rings. The number of piperidine rings is 1. The summed E-state index contributed by atoms with van der Waals surface area (Å²) in [6.07, 6.45) is 2.98. The molecule has 0 radical (unpaired) electrons. The summed E-state index contributed by atoms with van der Waals surface area (Å²) in [7, 11) is 1.19. The number of ether oxygens (including phenoxy) is 2. The molecule has 0 saturated carbocycles. The number of amides is 2. The van der Waals surface area contributed by atoms with Crippen molar-refractivity contribution in [3.8, 4) is 11.8 Å². The van der Waals surface area contributed by atoms with Crippen molar-refractivity contribution in [2.45, 2.75) is 58.0 Å². The first-order chi connectivity index (χ1) is 16.7. The summed E-state index contributed by atoms with van der Waals surface area (Å²) in [6, 6.07) is 7.34. The standard InChI is InChI=1S/C25H30ClN3O5S/c1-5-34-19-10-9-16(11-18(19)26)21-17(12-27)24(28-23(31)22(21)25(32)33-4)35-13-20(30)29-14(2)7-6-8-15(29)3/h9-11,14-15,21-22H,5-8,13H2,1-4H3,(H,28,31)/t14-,15-,21-,22+/m1/s1. The zero-order valence-corrected chi connectivity index (χ0v) is 21.9. The van der Waals surface area contributed by atoms with Gasteiger partial charge in [0.25, 0.3) is 0 Å². The molecule has 0 spiro atoms. The van der Waals surface area contributed by atoms with Crippen molar-refractivity contribution < 1.29 is 23.9 Å². The maximum Gasteiger partial charge on any atom is 0.319 e. The molecule has 0 bridgehead atoms. The van der Waals surface area contributed by atoms with E-state index in [1.165, 1.54) is 7.11 Å². The van der Waals surface area contributed by atoms with Crippen molar-refractivity contribution in [2.24, 2.45) is 5.92 Å². The molecule has 4 atom stereocenters. The molecule has 0 unspecified atom stereocenters. The first-order valence-electron chi connectivity index (χ1n) is 11.6. The minimum Gasteiger partial charge on any atom is -0.492 e. The van der Waals surface area contributed by atoms with Crippen LogP contribution in [0, 0.1) is 17.2 Å². The van der Waals surface area contributed by atoms with E-state index < -0.39 is 23.7 Å². The van der Waals surface area contributed by atoms with E-state index in [9.17, 15) is 19.6 Å². The molecular weight excluding hydrogens is 490 g/mol. The summed E-state index contributed by atoms with van der Waals surface area (Å²) >= 11 is 7.47. The molecule has 0 aliphatic carbocycles. The molecule has 35 heavy (non-hydrogen) atoms. The molecule has 1 saturated heterocycles. The molecule has 2 aliphatic rings. The number of allylic oxidation sites excluding steroid dienone is 1. The number of carbonyl (C=O) groups is 3. The topological polar surface area (TPSA) is 109 Å². The Bertz CT molecular complexity index is 1060. The highest BCUT2D eigenvalue weighted by molar-refractivity contribution is 8.03. The quantitative estimate of drug-likeness (QED) is 0.428. The number of hydrogen-bond donors (Lipinski definition) is 1. The summed E-state index contributed by atoms with van der Waals surface area (Å²) < 4.78 is 10.4. The van der Waals surface area contributed by atoms with Gasteiger partial charge in [-0.15, -0.1) is 0 Å². The number of esters is 1. The van der Waals surface area contributed by atoms with Crippen LogP contribution >= 0.6 is 23.4 Å². The second-order valence-corrected chi connectivity index (χ2v) is 10.1. The Balaban J connectivity index is 1.96. The number of carbonyl (C=O) groups excluding carboxylic acids is 3. The Hall–Kier alpha value is -2.70. The Morgan fingerprint density at radius 2 is 1.97 bits per heavy atom. The van der Waals surface area contributed by atoms with Crippen LogP contribution in [0.25, 0.3) is 0 Å². The molecule has 1 N–H and O–H groups in total. The number of rotatable bonds is 7. The van der Waals surface area contributed by atoms with Gasteiger partial charge in [-0.25, -0.2) is 0 Å². The number of hydrogen-bond acceptors (Lipinski definition) is 7. The number of benzene rings is 1. The predicted octanol–water partition coefficient (Wildman–Crippen LogP) is 4.00. The summed E-state index contributed by atoms with van der Waals surface area (Å²) in [5, 5.41) is 13.3. The van der Waals surface area contributed by atoms with Gasteiger partial charge >= 0.3 is 5.97 Å². The third-order valence-electron chi connectivity index (χ3n) is 6.42. The van der Waals surface area contributed by atoms with Crippen LogP contribution in [0.1, 0.15) is 51.5 Å². The molecule has 3 rings (SSSR count). The van der Waals surface area contributed by atoms with Gasteiger partial charge in [0.05, 0.1) is 41.2 Å². The summed E-state index contributed by atoms with van der Waals surface area (Å²) in [5.74, 6) is -3.08. The number of thioether (sulfide) groups is 1. The lowest BCUT2D eigenvalue weighted by Crippen LogP contribution is -2.48. The number of nitrogens with zero attached hydrogens (tertiary/aromatic N) is 2. The van der Waals surface area contributed by atoms with E-state index in [2.05, 4.69) is 11.4 Å². The fourth-order valence-corrected chi connectivity index (χ4v) is 5.95. The smallest absolute Gasteiger partial charge is 0.319 e. The highest BCUT2D eigenvalue weighted by Gasteiger charge is 2.44. The van der Waals surface area contributed by atoms with Gasteiger partial charge in [-0.05, 0) is 57.7 Å². The van der Waals surface area contributed by atoms with Crippen molar-refractivity contribution in [2.75, 3.05) is 19.5 Å². The maximum atomic E-state index is 13.0. The number of methoxy groups -OCH3 is 1. The largest absolute Gasteiger partial charge is 0.492 e. The molecule has 0 aromatic heterocycles. The molecule has 1 aromatic carbocycles. The van der Waals surface area contributed by atoms with Crippen LogP contribution in [0.15, 0.2) is 28.8 Å². The minimum absolute atomic E-state index is 0.0514. The van der Waals surface area contributed by atoms with E-state index in [-0.39, 0.29) is 34.3 Å². The Labute approximate surface area is 215 Å². The van der Waals surface area contributed by atoms with E-state index in [4.69, 9.17) is 21.1 Å². The summed E-state index contributed by atoms with van der Waals surface area (Å²) in [5.41, 5.74) is 0.681. The van der Waals surface area contributed by atoms with Crippen molar-refractivity contribution in [3.63, 3.8) is 0 Å². The average molecular weight is 520 g/mol. The molecular formula is C25H30ClN3O5S. The van der Waals surface area contributed by atoms with Gasteiger partial charge in [0, 0.05) is 18.0 Å². The molecule has 188 valence electrons. The second kappa shape index (κ2) is 11.8. The van der Waals surface area contributed by atoms with E-state index >= 15 is 0 Å². The Morgan fingerprint density at radius 3 is 2.54 bits per heavy atom. The van der Waals surface area contributed by atoms with Crippen LogP contribution in [-0.2, 0) is 19.1 Å². The number of nitriles is 1. The lowest BCUT2D eigenvalue weighted by atomic mass is 9.78. The summed E-state index contributed by atoms with van der Waals surface area (Å²) in [4.78, 5) is 40.5. The monoisotopic (exact) mass is 519 g/mol. The van der Waals surface area contributed by atoms with Gasteiger partial charge in [0.2, 0.25) is 11.8 Å². The normalized spacial score (nSPS) is 24.5. The third kappa shape index (κ3) is 5.76. The van der Waals surface area contributed by atoms with Gasteiger partial charge in [-0.2, -0.15) is 5.26 Å². The molecule has 10 heteroatoms. The van der Waals surface area contributed by atoms with Gasteiger partial charge in [0.1, 0.15) is 11.7 Å². The molecule has 2 aliphatic heterocycles. The van der Waals surface area contributed by atoms with E-state index in [1.54, 1.807) is 18.2 Å². The molecule has 2 amide bonds. The van der Waals surface area contributed by atoms with Gasteiger partial charge in [-0.1, -0.05) is 29.4 Å². The maximum absolute atomic E-state index is 13.0. The van der Waals surface area contributed by atoms with Crippen molar-refractivity contribution in [1.29, 1.82) is 5.26 Å². The van der Waals surface area contributed by atoms with Crippen LogP contribution in [-0.4, -0.2) is 54.2 Å². The second-order valence-electron chi connectivity index (χ2n) is 8.66. The number of nitrogens with one attached hydrogen (secondary N) is 1. The molecule has 8 nitrogen and oxygen atoms in total. The lowest BCUT2D eigenvalue weighted by Gasteiger charge is -2.39. The van der Waals surface area contributed by atoms with Crippen LogP contribution in [0.2, 0.25) is 5.02 Å². The van der Waals surface area contributed by atoms with Crippen LogP contribution in [0.3, 0.4) is 0 Å². The van der Waals surface area contributed by atoms with E-state index in [0.717, 1.165) is 31.0 Å². The van der Waals surface area contributed by atoms with E-state index in [0.29, 0.717) is 22.9 Å². The Morgan fingerprint density at radius 1 is 1.29 bits per heavy atom. The zero-order valence-electron chi connectivity index (χ0n) is 20.3. The van der Waals surface area contributed by atoms with E-state index in [1.807, 2.05) is 25.7 Å². The Kier molecular flexibility index (Phi) is 9.09. The fraction of sp³-hybridized carbons (Fsp3) is 0.520. The molecule has 1 fully saturated rings. The average Bonchev–Trinajstić information content (AvgIpc) is 2.83. The first-order valence-corrected chi connectivity index (χ1v) is 13.0. The lowest BCUT2D eigenvalue weighted by molar-refractivity contribution is -0.150. The highest BCUT2D eigenvalue weighted by atomic mass is 35.5. The third-order valence-corrected chi connectivity index (χ3v) is 7.72. The SMILES string of the molecule is CCOc1ccc([C@@H]2C(C#N)=C(SCC(=O)N3[C@H](C)CCC[C@H]3C)NC(=O)[C@H]2C(=O)OC)cc1Cl. The summed E-state index contributed by atoms with van der Waals surface area (Å²) in [6.45, 7) is 6.32. The predicted molar refractivity (Wildman–Crippen MR) is 134 cm³/mol. The minimum atomic E-state index is -1.27. The number of halogens is 1. The first kappa shape index (κ1) is 26.9. The van der Waals surface area contributed by atoms with Gasteiger partial charge in [0.15, 0.2) is 0 Å². The van der Waals surface area contributed by atoms with Crippen molar-refractivity contribution >= 4 is 41.1 Å². The van der Waals surface area contributed by atoms with Crippen LogP contribution < -0.4 is 10.1 Å². The van der Waals surface area contributed by atoms with Gasteiger partial charge in [-0.3, -0.25) is 14.4 Å². The van der Waals surface area contributed by atoms with Gasteiger partial charge < -0.3 is 19.7 Å². The van der Waals surface area contributed by atoms with Crippen LogP contribution in [0.4, 0.5) is 0 Å². The van der Waals surface area contributed by atoms with Crippen molar-refractivity contribution in [3.05, 3.63) is 39.4 Å². The fourth-order valence-electron chi connectivity index (χ4n) is 4.78. The van der Waals surface area contributed by atoms with Crippen molar-refractivity contribution in [1.82, 2.24) is 10.2 Å². The number of likely N-dealkylation sites (tertiary alicyclic amines) is 1. The molecule has 2 heterocycles. The highest BCUT2D eigenvalue weighted by Crippen LogP contribution is 2.42.